The molecule has 0 aromatic heterocycles. The number of ether oxygens (including phenoxy) is 7. The van der Waals surface area contributed by atoms with Crippen LogP contribution in [0.5, 0.6) is 0 Å². The topological polar surface area (TPSA) is 64.6 Å². The largest absolute Gasteiger partial charge is 0.385 e. The first kappa shape index (κ1) is 26.9. The molecular weight excluding hydrogens is 328 g/mol. The third-order valence-electron chi connectivity index (χ3n) is 3.30. The SMILES string of the molecule is COCCC(CCOC)COC.COCCOCCCOCCOC. The van der Waals surface area contributed by atoms with Crippen LogP contribution in [0.4, 0.5) is 0 Å². The van der Waals surface area contributed by atoms with Crippen LogP contribution >= 0.6 is 0 Å². The highest BCUT2D eigenvalue weighted by atomic mass is 16.5. The highest BCUT2D eigenvalue weighted by Crippen LogP contribution is 2.08. The van der Waals surface area contributed by atoms with Gasteiger partial charge in [-0.05, 0) is 25.2 Å². The van der Waals surface area contributed by atoms with Gasteiger partial charge >= 0.3 is 0 Å². The summed E-state index contributed by atoms with van der Waals surface area (Å²) >= 11 is 0. The minimum absolute atomic E-state index is 0.565. The van der Waals surface area contributed by atoms with Crippen LogP contribution in [0.3, 0.4) is 0 Å². The smallest absolute Gasteiger partial charge is 0.0700 e. The highest BCUT2D eigenvalue weighted by molar-refractivity contribution is 4.57. The fourth-order valence-electron chi connectivity index (χ4n) is 1.87. The van der Waals surface area contributed by atoms with Crippen LogP contribution in [-0.2, 0) is 33.2 Å². The van der Waals surface area contributed by atoms with E-state index in [-0.39, 0.29) is 0 Å². The summed E-state index contributed by atoms with van der Waals surface area (Å²) in [5.41, 5.74) is 0. The van der Waals surface area contributed by atoms with Crippen molar-refractivity contribution in [1.82, 2.24) is 0 Å². The zero-order chi connectivity index (χ0) is 19.0. The summed E-state index contributed by atoms with van der Waals surface area (Å²) in [6.07, 6.45) is 3.02. The summed E-state index contributed by atoms with van der Waals surface area (Å²) in [6.45, 7) is 6.51. The van der Waals surface area contributed by atoms with Gasteiger partial charge in [-0.25, -0.2) is 0 Å². The Morgan fingerprint density at radius 3 is 1.28 bits per heavy atom. The average Bonchev–Trinajstić information content (AvgIpc) is 2.63. The number of hydrogen-bond acceptors (Lipinski definition) is 7. The van der Waals surface area contributed by atoms with Crippen LogP contribution < -0.4 is 0 Å². The van der Waals surface area contributed by atoms with E-state index in [4.69, 9.17) is 33.2 Å². The van der Waals surface area contributed by atoms with Crippen molar-refractivity contribution in [2.75, 3.05) is 95.0 Å². The van der Waals surface area contributed by atoms with Gasteiger partial charge in [-0.1, -0.05) is 0 Å². The Balaban J connectivity index is 0. The second kappa shape index (κ2) is 26.0. The summed E-state index contributed by atoms with van der Waals surface area (Å²) in [5.74, 6) is 0.565. The third-order valence-corrected chi connectivity index (χ3v) is 3.30. The molecule has 154 valence electrons. The molecule has 0 saturated carbocycles. The molecule has 0 aliphatic rings. The lowest BCUT2D eigenvalue weighted by molar-refractivity contribution is 0.0378. The standard InChI is InChI=1S/C9H20O4.C9H20O3/c1-10-6-8-12-4-3-5-13-9-7-11-2;1-10-6-4-9(8-12-3)5-7-11-2/h3-9H2,1-2H3;9H,4-8H2,1-3H3. The maximum atomic E-state index is 5.24. The van der Waals surface area contributed by atoms with Crippen molar-refractivity contribution in [3.63, 3.8) is 0 Å². The number of hydrogen-bond donors (Lipinski definition) is 0. The minimum Gasteiger partial charge on any atom is -0.385 e. The van der Waals surface area contributed by atoms with Gasteiger partial charge in [-0.2, -0.15) is 0 Å². The van der Waals surface area contributed by atoms with Crippen LogP contribution in [0.15, 0.2) is 0 Å². The zero-order valence-corrected chi connectivity index (χ0v) is 16.9. The van der Waals surface area contributed by atoms with Crippen molar-refractivity contribution < 1.29 is 33.2 Å². The molecule has 0 aliphatic carbocycles. The molecule has 0 fully saturated rings. The molecule has 0 aromatic carbocycles. The molecular formula is C18H40O7. The Hall–Kier alpha value is -0.280. The molecule has 0 aliphatic heterocycles. The molecule has 0 saturated heterocycles. The number of methoxy groups -OCH3 is 5. The molecule has 0 aromatic rings. The van der Waals surface area contributed by atoms with E-state index < -0.39 is 0 Å². The fourth-order valence-corrected chi connectivity index (χ4v) is 1.87. The average molecular weight is 369 g/mol. The summed E-state index contributed by atoms with van der Waals surface area (Å²) in [6, 6.07) is 0. The van der Waals surface area contributed by atoms with Crippen LogP contribution in [0.25, 0.3) is 0 Å². The van der Waals surface area contributed by atoms with Crippen LogP contribution in [0.2, 0.25) is 0 Å². The highest BCUT2D eigenvalue weighted by Gasteiger charge is 2.07. The lowest BCUT2D eigenvalue weighted by atomic mass is 10.0. The van der Waals surface area contributed by atoms with Crippen molar-refractivity contribution in [2.45, 2.75) is 19.3 Å². The van der Waals surface area contributed by atoms with Gasteiger partial charge in [0.25, 0.3) is 0 Å². The van der Waals surface area contributed by atoms with Gasteiger partial charge < -0.3 is 33.2 Å². The lowest BCUT2D eigenvalue weighted by Crippen LogP contribution is -2.13. The van der Waals surface area contributed by atoms with Gasteiger partial charge in [0.1, 0.15) is 0 Å². The van der Waals surface area contributed by atoms with E-state index in [1.165, 1.54) is 0 Å². The first-order valence-electron chi connectivity index (χ1n) is 8.86. The van der Waals surface area contributed by atoms with Gasteiger partial charge in [0.15, 0.2) is 0 Å². The second-order valence-electron chi connectivity index (χ2n) is 5.45. The Morgan fingerprint density at radius 2 is 0.920 bits per heavy atom. The predicted molar refractivity (Wildman–Crippen MR) is 98.4 cm³/mol. The Labute approximate surface area is 154 Å². The summed E-state index contributed by atoms with van der Waals surface area (Å²) < 4.78 is 35.2. The van der Waals surface area contributed by atoms with Gasteiger partial charge in [0.05, 0.1) is 26.4 Å². The van der Waals surface area contributed by atoms with Crippen molar-refractivity contribution in [2.24, 2.45) is 5.92 Å². The Kier molecular flexibility index (Phi) is 28.0. The van der Waals surface area contributed by atoms with Crippen molar-refractivity contribution in [1.29, 1.82) is 0 Å². The quantitative estimate of drug-likeness (QED) is 0.343. The molecule has 7 heteroatoms. The Bertz CT molecular complexity index is 200. The van der Waals surface area contributed by atoms with Gasteiger partial charge in [0.2, 0.25) is 0 Å². The lowest BCUT2D eigenvalue weighted by Gasteiger charge is -2.14. The summed E-state index contributed by atoms with van der Waals surface area (Å²) in [7, 11) is 8.50. The molecule has 25 heavy (non-hydrogen) atoms. The molecule has 0 amide bonds. The summed E-state index contributed by atoms with van der Waals surface area (Å²) in [5, 5.41) is 0. The normalized spacial score (nSPS) is 10.8. The molecule has 0 atom stereocenters. The Morgan fingerprint density at radius 1 is 0.480 bits per heavy atom. The summed E-state index contributed by atoms with van der Waals surface area (Å²) in [4.78, 5) is 0. The van der Waals surface area contributed by atoms with Gasteiger partial charge in [-0.3, -0.25) is 0 Å². The van der Waals surface area contributed by atoms with E-state index in [1.807, 2.05) is 0 Å². The van der Waals surface area contributed by atoms with E-state index in [0.717, 1.165) is 52.3 Å². The monoisotopic (exact) mass is 368 g/mol. The third kappa shape index (κ3) is 26.1. The van der Waals surface area contributed by atoms with Crippen molar-refractivity contribution in [3.8, 4) is 0 Å². The molecule has 0 spiro atoms. The second-order valence-corrected chi connectivity index (χ2v) is 5.45. The fraction of sp³-hybridized carbons (Fsp3) is 1.00. The minimum atomic E-state index is 0.565. The van der Waals surface area contributed by atoms with E-state index >= 15 is 0 Å². The molecule has 0 radical (unpaired) electrons. The van der Waals surface area contributed by atoms with Gasteiger partial charge in [0, 0.05) is 68.6 Å². The van der Waals surface area contributed by atoms with Crippen molar-refractivity contribution >= 4 is 0 Å². The van der Waals surface area contributed by atoms with Crippen LogP contribution in [0.1, 0.15) is 19.3 Å². The molecule has 0 bridgehead atoms. The van der Waals surface area contributed by atoms with E-state index in [2.05, 4.69) is 0 Å². The molecule has 7 nitrogen and oxygen atoms in total. The molecule has 0 rings (SSSR count). The van der Waals surface area contributed by atoms with Crippen LogP contribution in [0, 0.1) is 5.92 Å². The van der Waals surface area contributed by atoms with E-state index in [9.17, 15) is 0 Å². The predicted octanol–water partition coefficient (Wildman–Crippen LogP) is 2.02. The molecule has 0 unspecified atom stereocenters. The maximum absolute atomic E-state index is 5.24. The molecule has 0 N–H and O–H groups in total. The zero-order valence-electron chi connectivity index (χ0n) is 16.9. The number of rotatable bonds is 18. The van der Waals surface area contributed by atoms with E-state index in [0.29, 0.717) is 32.3 Å². The van der Waals surface area contributed by atoms with E-state index in [1.54, 1.807) is 35.5 Å². The van der Waals surface area contributed by atoms with Crippen LogP contribution in [-0.4, -0.2) is 95.0 Å². The van der Waals surface area contributed by atoms with Crippen molar-refractivity contribution in [3.05, 3.63) is 0 Å². The van der Waals surface area contributed by atoms with Gasteiger partial charge in [-0.15, -0.1) is 0 Å². The maximum Gasteiger partial charge on any atom is 0.0700 e. The first-order valence-corrected chi connectivity index (χ1v) is 8.86. The molecule has 0 heterocycles. The first-order chi connectivity index (χ1) is 12.3.